The molecule has 1 aromatic carbocycles. The minimum Gasteiger partial charge on any atom is -0.504 e. The Morgan fingerprint density at radius 3 is 2.67 bits per heavy atom. The third kappa shape index (κ3) is 6.02. The number of halogens is 1. The maximum atomic E-state index is 14.2. The van der Waals surface area contributed by atoms with Crippen molar-refractivity contribution in [2.75, 3.05) is 36.4 Å². The molecule has 14 nitrogen and oxygen atoms in total. The molecule has 0 saturated carbocycles. The van der Waals surface area contributed by atoms with Gasteiger partial charge in [0.05, 0.1) is 28.2 Å². The van der Waals surface area contributed by atoms with Gasteiger partial charge in [0, 0.05) is 36.3 Å². The van der Waals surface area contributed by atoms with Gasteiger partial charge in [0.1, 0.15) is 18.6 Å². The number of carbonyl (C=O) groups is 2. The van der Waals surface area contributed by atoms with Crippen LogP contribution in [0.1, 0.15) is 53.9 Å². The van der Waals surface area contributed by atoms with E-state index in [0.29, 0.717) is 72.4 Å². The van der Waals surface area contributed by atoms with Crippen molar-refractivity contribution >= 4 is 67.6 Å². The number of piperazine rings is 1. The molecule has 0 bridgehead atoms. The second-order valence-corrected chi connectivity index (χ2v) is 13.4. The highest BCUT2D eigenvalue weighted by Crippen LogP contribution is 2.34. The zero-order valence-corrected chi connectivity index (χ0v) is 28.5. The van der Waals surface area contributed by atoms with E-state index in [-0.39, 0.29) is 48.3 Å². The van der Waals surface area contributed by atoms with Crippen molar-refractivity contribution in [3.8, 4) is 5.75 Å². The number of benzene rings is 1. The molecule has 3 N–H and O–H groups in total. The van der Waals surface area contributed by atoms with Crippen molar-refractivity contribution in [2.45, 2.75) is 52.2 Å². The van der Waals surface area contributed by atoms with Gasteiger partial charge in [-0.05, 0) is 61.8 Å². The Morgan fingerprint density at radius 1 is 1.14 bits per heavy atom. The van der Waals surface area contributed by atoms with Gasteiger partial charge in [0.2, 0.25) is 11.7 Å². The second kappa shape index (κ2) is 13.2. The lowest BCUT2D eigenvalue weighted by molar-refractivity contribution is -0.116. The molecule has 5 heterocycles. The molecule has 1 unspecified atom stereocenters. The summed E-state index contributed by atoms with van der Waals surface area (Å²) in [7, 11) is 0. The van der Waals surface area contributed by atoms with Crippen LogP contribution in [0, 0.1) is 6.92 Å². The lowest BCUT2D eigenvalue weighted by atomic mass is 9.97. The van der Waals surface area contributed by atoms with Crippen LogP contribution in [0.3, 0.4) is 0 Å². The molecule has 16 heteroatoms. The Morgan fingerprint density at radius 2 is 1.94 bits per heavy atom. The Balaban J connectivity index is 1.24. The fourth-order valence-corrected chi connectivity index (χ4v) is 7.56. The number of amides is 2. The number of anilines is 2. The van der Waals surface area contributed by atoms with Gasteiger partial charge in [-0.1, -0.05) is 24.6 Å². The monoisotopic (exact) mass is 703 g/mol. The van der Waals surface area contributed by atoms with Crippen LogP contribution in [0.4, 0.5) is 11.4 Å². The molecule has 2 amide bonds. The summed E-state index contributed by atoms with van der Waals surface area (Å²) in [6, 6.07) is 5.59. The number of thiophene rings is 1. The summed E-state index contributed by atoms with van der Waals surface area (Å²) in [4.78, 5) is 57.4. The largest absolute Gasteiger partial charge is 0.504 e. The van der Waals surface area contributed by atoms with E-state index in [9.17, 15) is 24.6 Å². The van der Waals surface area contributed by atoms with Crippen LogP contribution in [0.2, 0.25) is 5.02 Å². The molecular weight excluding hydrogens is 670 g/mol. The number of hydrogen-bond acceptors (Lipinski definition) is 11. The van der Waals surface area contributed by atoms with Gasteiger partial charge in [0.25, 0.3) is 11.5 Å². The number of fused-ring (bicyclic) bond motifs is 2. The Kier molecular flexibility index (Phi) is 8.81. The van der Waals surface area contributed by atoms with E-state index in [1.54, 1.807) is 33.8 Å². The van der Waals surface area contributed by atoms with Crippen molar-refractivity contribution < 1.29 is 19.8 Å². The van der Waals surface area contributed by atoms with E-state index in [1.807, 2.05) is 35.4 Å². The van der Waals surface area contributed by atoms with Crippen LogP contribution in [-0.2, 0) is 17.8 Å². The van der Waals surface area contributed by atoms with Gasteiger partial charge in [-0.2, -0.15) is 9.50 Å². The smallest absolute Gasteiger partial charge is 0.299 e. The molecule has 4 aromatic heterocycles. The summed E-state index contributed by atoms with van der Waals surface area (Å²) in [5, 5.41) is 31.2. The number of aryl methyl sites for hydroxylation is 1. The van der Waals surface area contributed by atoms with Crippen molar-refractivity contribution in [1.29, 1.82) is 0 Å². The Hall–Kier alpha value is -4.86. The average molecular weight is 704 g/mol. The van der Waals surface area contributed by atoms with Crippen LogP contribution in [-0.4, -0.2) is 88.3 Å². The molecule has 2 aliphatic rings. The summed E-state index contributed by atoms with van der Waals surface area (Å²) in [6.45, 7) is 4.51. The number of aromatic hydroxyl groups is 1. The standard InChI is InChI=1S/C33H34ClN9O5S/c1-3-23-28(40-11-13-41(14-12-40)31(47)27-29(46)18(2)35-17-36-27)32(48)43-33(38-30(39-43)19-4-6-20(44)7-5-19)42(23)16-25(45)37-22-8-9-24-21(26(22)34)10-15-49-24/h4,8-10,15,17,20,44,46H,3,5-7,11-14,16H2,1-2H3,(H,37,45). The highest BCUT2D eigenvalue weighted by Gasteiger charge is 2.31. The molecule has 5 aromatic rings. The summed E-state index contributed by atoms with van der Waals surface area (Å²) in [5.41, 5.74) is 2.14. The lowest BCUT2D eigenvalue weighted by Gasteiger charge is -2.36. The first-order valence-electron chi connectivity index (χ1n) is 16.0. The van der Waals surface area contributed by atoms with E-state index in [2.05, 4.69) is 20.4 Å². The van der Waals surface area contributed by atoms with E-state index in [0.717, 1.165) is 15.7 Å². The Labute approximate surface area is 289 Å². The van der Waals surface area contributed by atoms with Crippen LogP contribution in [0.15, 0.2) is 40.8 Å². The highest BCUT2D eigenvalue weighted by molar-refractivity contribution is 7.17. The normalized spacial score (nSPS) is 16.7. The van der Waals surface area contributed by atoms with Crippen LogP contribution < -0.4 is 15.8 Å². The molecule has 1 fully saturated rings. The second-order valence-electron chi connectivity index (χ2n) is 12.1. The van der Waals surface area contributed by atoms with Gasteiger partial charge >= 0.3 is 0 Å². The molecular formula is C33H34ClN9O5S. The van der Waals surface area contributed by atoms with Crippen molar-refractivity contribution in [2.24, 2.45) is 0 Å². The van der Waals surface area contributed by atoms with E-state index < -0.39 is 12.0 Å². The van der Waals surface area contributed by atoms with Crippen molar-refractivity contribution in [3.05, 3.63) is 74.3 Å². The maximum Gasteiger partial charge on any atom is 0.299 e. The van der Waals surface area contributed by atoms with Crippen LogP contribution >= 0.6 is 22.9 Å². The highest BCUT2D eigenvalue weighted by atomic mass is 35.5. The number of carbonyl (C=O) groups excluding carboxylic acids is 2. The number of rotatable bonds is 7. The van der Waals surface area contributed by atoms with Gasteiger partial charge in [0.15, 0.2) is 17.3 Å². The maximum absolute atomic E-state index is 14.2. The van der Waals surface area contributed by atoms with Crippen molar-refractivity contribution in [1.82, 2.24) is 34.0 Å². The molecule has 254 valence electrons. The first-order valence-corrected chi connectivity index (χ1v) is 17.3. The minimum atomic E-state index is -0.434. The van der Waals surface area contributed by atoms with Crippen LogP contribution in [0.5, 0.6) is 5.75 Å². The molecule has 1 atom stereocenters. The third-order valence-electron chi connectivity index (χ3n) is 9.07. The molecule has 0 spiro atoms. The lowest BCUT2D eigenvalue weighted by Crippen LogP contribution is -2.51. The summed E-state index contributed by atoms with van der Waals surface area (Å²) >= 11 is 8.22. The summed E-state index contributed by atoms with van der Waals surface area (Å²) < 4.78 is 3.97. The number of allylic oxidation sites excluding steroid dienone is 1. The summed E-state index contributed by atoms with van der Waals surface area (Å²) in [6.07, 6.45) is 4.68. The fourth-order valence-electron chi connectivity index (χ4n) is 6.43. The molecule has 1 aliphatic carbocycles. The molecule has 1 saturated heterocycles. The number of nitrogens with zero attached hydrogens (tertiary/aromatic N) is 8. The van der Waals surface area contributed by atoms with Crippen LogP contribution in [0.25, 0.3) is 21.4 Å². The topological polar surface area (TPSA) is 171 Å². The predicted octanol–water partition coefficient (Wildman–Crippen LogP) is 3.65. The summed E-state index contributed by atoms with van der Waals surface area (Å²) in [5.74, 6) is -0.434. The number of nitrogens with one attached hydrogen (secondary N) is 1. The first-order chi connectivity index (χ1) is 23.6. The number of hydrogen-bond donors (Lipinski definition) is 3. The van der Waals surface area contributed by atoms with Crippen molar-refractivity contribution in [3.63, 3.8) is 0 Å². The molecule has 1 aliphatic heterocycles. The van der Waals surface area contributed by atoms with Gasteiger partial charge in [-0.25, -0.2) is 9.97 Å². The van der Waals surface area contributed by atoms with Gasteiger partial charge in [-0.3, -0.25) is 14.4 Å². The van der Waals surface area contributed by atoms with E-state index >= 15 is 0 Å². The predicted molar refractivity (Wildman–Crippen MR) is 186 cm³/mol. The molecule has 0 radical (unpaired) electrons. The Bertz CT molecular complexity index is 2200. The molecule has 7 rings (SSSR count). The molecule has 49 heavy (non-hydrogen) atoms. The number of aliphatic hydroxyl groups is 1. The zero-order chi connectivity index (χ0) is 34.4. The van der Waals surface area contributed by atoms with E-state index in [4.69, 9.17) is 16.6 Å². The quantitative estimate of drug-likeness (QED) is 0.227. The van der Waals surface area contributed by atoms with Gasteiger partial charge < -0.3 is 29.9 Å². The number of aromatic nitrogens is 6. The average Bonchev–Trinajstić information content (AvgIpc) is 3.77. The van der Waals surface area contributed by atoms with E-state index in [1.165, 1.54) is 10.8 Å². The first kappa shape index (κ1) is 32.7. The SMILES string of the molecule is CCc1c(N2CCN(C(=O)c3ncnc(C)c3O)CC2)c(=O)n2nc(C3=CCC(O)CC3)nc2n1CC(=O)Nc1ccc2sccc2c1Cl. The van der Waals surface area contributed by atoms with Gasteiger partial charge in [-0.15, -0.1) is 16.4 Å². The number of aliphatic hydroxyl groups excluding tert-OH is 1. The minimum absolute atomic E-state index is 0.0667. The fraction of sp³-hybridized carbons (Fsp3) is 0.364. The third-order valence-corrected chi connectivity index (χ3v) is 10.4. The zero-order valence-electron chi connectivity index (χ0n) is 26.9.